The molecule has 0 unspecified atom stereocenters. The van der Waals surface area contributed by atoms with Crippen molar-refractivity contribution in [2.75, 3.05) is 5.32 Å². The summed E-state index contributed by atoms with van der Waals surface area (Å²) in [6.45, 7) is 9.33. The van der Waals surface area contributed by atoms with Gasteiger partial charge in [0.2, 0.25) is 5.91 Å². The number of nitrogens with zero attached hydrogens (tertiary/aromatic N) is 4. The van der Waals surface area contributed by atoms with E-state index in [4.69, 9.17) is 0 Å². The largest absolute Gasteiger partial charge is 0.325 e. The first-order chi connectivity index (χ1) is 14.9. The van der Waals surface area contributed by atoms with Crippen LogP contribution in [0.25, 0.3) is 11.4 Å². The average molecular weight is 436 g/mol. The Balaban J connectivity index is 1.54. The molecule has 7 heteroatoms. The monoisotopic (exact) mass is 435 g/mol. The van der Waals surface area contributed by atoms with Crippen LogP contribution in [0.3, 0.4) is 0 Å². The van der Waals surface area contributed by atoms with Crippen molar-refractivity contribution in [2.24, 2.45) is 0 Å². The van der Waals surface area contributed by atoms with Crippen molar-refractivity contribution in [1.82, 2.24) is 19.7 Å². The minimum Gasteiger partial charge on any atom is -0.325 e. The smallest absolute Gasteiger partial charge is 0.241 e. The molecule has 31 heavy (non-hydrogen) atoms. The van der Waals surface area contributed by atoms with Crippen LogP contribution in [-0.2, 0) is 11.3 Å². The highest BCUT2D eigenvalue weighted by Gasteiger charge is 2.52. The van der Waals surface area contributed by atoms with Gasteiger partial charge in [-0.3, -0.25) is 9.78 Å². The Labute approximate surface area is 187 Å². The lowest BCUT2D eigenvalue weighted by atomic mass is 10.0. The number of aromatic nitrogens is 4. The molecule has 1 aliphatic rings. The van der Waals surface area contributed by atoms with E-state index in [-0.39, 0.29) is 5.91 Å². The van der Waals surface area contributed by atoms with Crippen molar-refractivity contribution in [1.29, 1.82) is 0 Å². The number of hydrogen-bond acceptors (Lipinski definition) is 5. The average Bonchev–Trinajstić information content (AvgIpc) is 3.45. The van der Waals surface area contributed by atoms with E-state index in [0.717, 1.165) is 53.6 Å². The second kappa shape index (κ2) is 8.83. The van der Waals surface area contributed by atoms with Crippen LogP contribution >= 0.6 is 11.8 Å². The molecule has 0 radical (unpaired) electrons. The molecule has 1 aliphatic carbocycles. The molecule has 0 atom stereocenters. The molecule has 1 amide bonds. The van der Waals surface area contributed by atoms with E-state index in [1.165, 1.54) is 17.3 Å². The Morgan fingerprint density at radius 3 is 2.68 bits per heavy atom. The van der Waals surface area contributed by atoms with Gasteiger partial charge in [-0.1, -0.05) is 44.7 Å². The molecule has 0 aliphatic heterocycles. The number of amides is 1. The third-order valence-electron chi connectivity index (χ3n) is 5.65. The zero-order valence-corrected chi connectivity index (χ0v) is 19.4. The highest BCUT2D eigenvalue weighted by Crippen LogP contribution is 2.52. The lowest BCUT2D eigenvalue weighted by Crippen LogP contribution is -2.27. The van der Waals surface area contributed by atoms with E-state index in [0.29, 0.717) is 5.92 Å². The lowest BCUT2D eigenvalue weighted by molar-refractivity contribution is -0.116. The fourth-order valence-electron chi connectivity index (χ4n) is 3.58. The zero-order chi connectivity index (χ0) is 22.0. The van der Waals surface area contributed by atoms with Crippen LogP contribution in [-0.4, -0.2) is 30.4 Å². The molecule has 2 aromatic heterocycles. The van der Waals surface area contributed by atoms with Crippen LogP contribution < -0.4 is 5.32 Å². The predicted molar refractivity (Wildman–Crippen MR) is 125 cm³/mol. The van der Waals surface area contributed by atoms with Crippen LogP contribution in [0.5, 0.6) is 0 Å². The van der Waals surface area contributed by atoms with Crippen LogP contribution in [0.1, 0.15) is 57.1 Å². The summed E-state index contributed by atoms with van der Waals surface area (Å²) >= 11 is 1.54. The Hall–Kier alpha value is -2.67. The molecule has 1 N–H and O–H groups in total. The van der Waals surface area contributed by atoms with Crippen LogP contribution in [0.15, 0.2) is 47.9 Å². The number of thioether (sulfide) groups is 1. The van der Waals surface area contributed by atoms with Gasteiger partial charge in [0.15, 0.2) is 11.0 Å². The van der Waals surface area contributed by atoms with Gasteiger partial charge in [-0.2, -0.15) is 0 Å². The molecule has 1 aromatic carbocycles. The summed E-state index contributed by atoms with van der Waals surface area (Å²) in [5.41, 5.74) is 4.19. The van der Waals surface area contributed by atoms with Crippen LogP contribution in [0.2, 0.25) is 0 Å². The molecule has 2 heterocycles. The van der Waals surface area contributed by atoms with Crippen molar-refractivity contribution in [2.45, 2.75) is 69.3 Å². The summed E-state index contributed by atoms with van der Waals surface area (Å²) in [6, 6.07) is 10.2. The summed E-state index contributed by atoms with van der Waals surface area (Å²) < 4.78 is 1.63. The van der Waals surface area contributed by atoms with Gasteiger partial charge in [0, 0.05) is 30.2 Å². The van der Waals surface area contributed by atoms with Crippen molar-refractivity contribution in [3.63, 3.8) is 0 Å². The number of hydrogen-bond donors (Lipinski definition) is 1. The first kappa shape index (κ1) is 21.6. The number of carbonyl (C=O) groups is 1. The second-order valence-corrected chi connectivity index (χ2v) is 9.83. The molecule has 3 aromatic rings. The number of aryl methyl sites for hydroxylation is 1. The highest BCUT2D eigenvalue weighted by atomic mass is 32.2. The Bertz CT molecular complexity index is 1070. The summed E-state index contributed by atoms with van der Waals surface area (Å²) in [5.74, 6) is 1.31. The first-order valence-corrected chi connectivity index (χ1v) is 11.7. The minimum atomic E-state index is -0.478. The molecule has 1 fully saturated rings. The van der Waals surface area contributed by atoms with E-state index in [2.05, 4.69) is 58.0 Å². The SMILES string of the molecule is CCCn1c(SC2(C(=O)Nc3ccc(C(C)C)cc3C)CC2)nnc1-c1cccnc1. The topological polar surface area (TPSA) is 72.7 Å². The van der Waals surface area contributed by atoms with E-state index in [1.807, 2.05) is 25.1 Å². The third kappa shape index (κ3) is 4.51. The summed E-state index contributed by atoms with van der Waals surface area (Å²) in [6.07, 6.45) is 6.19. The third-order valence-corrected chi connectivity index (χ3v) is 7.12. The molecule has 0 saturated heterocycles. The minimum absolute atomic E-state index is 0.0480. The van der Waals surface area contributed by atoms with Crippen molar-refractivity contribution < 1.29 is 4.79 Å². The van der Waals surface area contributed by atoms with E-state index >= 15 is 0 Å². The number of anilines is 1. The molecular formula is C24H29N5OS. The van der Waals surface area contributed by atoms with Gasteiger partial charge in [0.1, 0.15) is 4.75 Å². The maximum Gasteiger partial charge on any atom is 0.241 e. The van der Waals surface area contributed by atoms with Crippen molar-refractivity contribution >= 4 is 23.4 Å². The molecule has 0 bridgehead atoms. The van der Waals surface area contributed by atoms with Gasteiger partial charge in [0.25, 0.3) is 0 Å². The number of rotatable bonds is 8. The quantitative estimate of drug-likeness (QED) is 0.510. The van der Waals surface area contributed by atoms with E-state index in [1.54, 1.807) is 12.4 Å². The zero-order valence-electron chi connectivity index (χ0n) is 18.6. The first-order valence-electron chi connectivity index (χ1n) is 10.9. The Kier molecular flexibility index (Phi) is 6.14. The summed E-state index contributed by atoms with van der Waals surface area (Å²) in [7, 11) is 0. The fourth-order valence-corrected chi connectivity index (χ4v) is 4.75. The molecule has 0 spiro atoms. The normalized spacial score (nSPS) is 14.6. The summed E-state index contributed by atoms with van der Waals surface area (Å²) in [5, 5.41) is 12.8. The lowest BCUT2D eigenvalue weighted by Gasteiger charge is -2.17. The van der Waals surface area contributed by atoms with Gasteiger partial charge < -0.3 is 9.88 Å². The molecule has 4 rings (SSSR count). The maximum absolute atomic E-state index is 13.2. The number of benzene rings is 1. The number of nitrogens with one attached hydrogen (secondary N) is 1. The molecule has 162 valence electrons. The van der Waals surface area contributed by atoms with E-state index in [9.17, 15) is 4.79 Å². The van der Waals surface area contributed by atoms with Gasteiger partial charge in [-0.05, 0) is 61.4 Å². The second-order valence-electron chi connectivity index (χ2n) is 8.48. The van der Waals surface area contributed by atoms with Gasteiger partial charge in [-0.25, -0.2) is 0 Å². The Morgan fingerprint density at radius 2 is 2.06 bits per heavy atom. The highest BCUT2D eigenvalue weighted by molar-refractivity contribution is 8.01. The number of carbonyl (C=O) groups excluding carboxylic acids is 1. The predicted octanol–water partition coefficient (Wildman–Crippen LogP) is 5.45. The van der Waals surface area contributed by atoms with Gasteiger partial charge in [0.05, 0.1) is 0 Å². The van der Waals surface area contributed by atoms with E-state index < -0.39 is 4.75 Å². The summed E-state index contributed by atoms with van der Waals surface area (Å²) in [4.78, 5) is 17.4. The fraction of sp³-hybridized carbons (Fsp3) is 0.417. The Morgan fingerprint density at radius 1 is 1.26 bits per heavy atom. The maximum atomic E-state index is 13.2. The standard InChI is InChI=1S/C24H29N5OS/c1-5-13-29-21(19-7-6-12-25-15-19)27-28-23(29)31-24(10-11-24)22(30)26-20-9-8-18(16(2)3)14-17(20)4/h6-9,12,14-16H,5,10-11,13H2,1-4H3,(H,26,30). The number of pyridine rings is 1. The van der Waals surface area contributed by atoms with Crippen LogP contribution in [0, 0.1) is 6.92 Å². The van der Waals surface area contributed by atoms with Crippen molar-refractivity contribution in [3.8, 4) is 11.4 Å². The molecule has 6 nitrogen and oxygen atoms in total. The molecule has 1 saturated carbocycles. The van der Waals surface area contributed by atoms with Gasteiger partial charge in [-0.15, -0.1) is 10.2 Å². The van der Waals surface area contributed by atoms with Crippen molar-refractivity contribution in [3.05, 3.63) is 53.9 Å². The molecular weight excluding hydrogens is 406 g/mol. The van der Waals surface area contributed by atoms with Crippen LogP contribution in [0.4, 0.5) is 5.69 Å². The van der Waals surface area contributed by atoms with Gasteiger partial charge >= 0.3 is 0 Å².